The number of benzene rings is 2. The molecule has 1 aromatic heterocycles. The molecule has 0 bridgehead atoms. The van der Waals surface area contributed by atoms with Crippen molar-refractivity contribution in [3.05, 3.63) is 58.5 Å². The number of hydrogen-bond donors (Lipinski definition) is 0. The van der Waals surface area contributed by atoms with Crippen molar-refractivity contribution >= 4 is 22.1 Å². The summed E-state index contributed by atoms with van der Waals surface area (Å²) < 4.78 is 6.00. The van der Waals surface area contributed by atoms with Gasteiger partial charge in [0.15, 0.2) is 0 Å². The summed E-state index contributed by atoms with van der Waals surface area (Å²) >= 11 is 1.74. The fourth-order valence-electron chi connectivity index (χ4n) is 3.68. The van der Waals surface area contributed by atoms with Crippen LogP contribution in [0.3, 0.4) is 0 Å². The van der Waals surface area contributed by atoms with Crippen molar-refractivity contribution in [3.63, 3.8) is 0 Å². The lowest BCUT2D eigenvalue weighted by molar-refractivity contribution is 0.157. The van der Waals surface area contributed by atoms with Gasteiger partial charge in [-0.15, -0.1) is 11.3 Å². The fourth-order valence-corrected chi connectivity index (χ4v) is 4.34. The molecule has 138 valence electrons. The summed E-state index contributed by atoms with van der Waals surface area (Å²) in [6.07, 6.45) is 5.47. The standard InChI is InChI=1S/C22H23N3OS/c23-15-18-1-2-20-14-21(4-3-19(20)13-18)26-11-7-17-5-9-25(10-6-17)16-22-24-8-12-27-22/h1-4,8,12-14,17H,5-7,9-11,16H2. The molecule has 0 spiro atoms. The molecule has 2 heterocycles. The molecule has 1 aliphatic heterocycles. The SMILES string of the molecule is N#Cc1ccc2cc(OCCC3CCN(Cc4nccs4)CC3)ccc2c1. The first-order valence-corrected chi connectivity index (χ1v) is 10.4. The van der Waals surface area contributed by atoms with E-state index in [-0.39, 0.29) is 0 Å². The molecule has 5 heteroatoms. The lowest BCUT2D eigenvalue weighted by atomic mass is 9.94. The third-order valence-electron chi connectivity index (χ3n) is 5.29. The first-order valence-electron chi connectivity index (χ1n) is 9.47. The van der Waals surface area contributed by atoms with Gasteiger partial charge in [-0.25, -0.2) is 4.98 Å². The highest BCUT2D eigenvalue weighted by Crippen LogP contribution is 2.25. The zero-order valence-electron chi connectivity index (χ0n) is 15.3. The van der Waals surface area contributed by atoms with E-state index >= 15 is 0 Å². The number of nitrogens with zero attached hydrogens (tertiary/aromatic N) is 3. The van der Waals surface area contributed by atoms with Crippen molar-refractivity contribution in [2.24, 2.45) is 5.92 Å². The maximum Gasteiger partial charge on any atom is 0.119 e. The maximum atomic E-state index is 8.99. The normalized spacial score (nSPS) is 15.7. The Morgan fingerprint density at radius 3 is 2.74 bits per heavy atom. The molecular formula is C22H23N3OS. The number of fused-ring (bicyclic) bond motifs is 1. The molecule has 0 saturated carbocycles. The predicted octanol–water partition coefficient (Wildman–Crippen LogP) is 4.85. The van der Waals surface area contributed by atoms with Crippen LogP contribution in [0, 0.1) is 17.2 Å². The molecule has 1 saturated heterocycles. The molecular weight excluding hydrogens is 354 g/mol. The van der Waals surface area contributed by atoms with Gasteiger partial charge < -0.3 is 4.74 Å². The van der Waals surface area contributed by atoms with Crippen molar-refractivity contribution in [1.82, 2.24) is 9.88 Å². The highest BCUT2D eigenvalue weighted by atomic mass is 32.1. The Labute approximate surface area is 164 Å². The van der Waals surface area contributed by atoms with Crippen LogP contribution in [0.2, 0.25) is 0 Å². The van der Waals surface area contributed by atoms with E-state index < -0.39 is 0 Å². The molecule has 0 aliphatic carbocycles. The van der Waals surface area contributed by atoms with Gasteiger partial charge in [-0.2, -0.15) is 5.26 Å². The van der Waals surface area contributed by atoms with Crippen LogP contribution in [0.25, 0.3) is 10.8 Å². The second kappa shape index (κ2) is 8.51. The number of nitriles is 1. The van der Waals surface area contributed by atoms with Crippen LogP contribution in [0.4, 0.5) is 0 Å². The van der Waals surface area contributed by atoms with E-state index in [2.05, 4.69) is 27.4 Å². The summed E-state index contributed by atoms with van der Waals surface area (Å²) in [5.41, 5.74) is 0.692. The van der Waals surface area contributed by atoms with Crippen LogP contribution >= 0.6 is 11.3 Å². The third-order valence-corrected chi connectivity index (χ3v) is 6.05. The van der Waals surface area contributed by atoms with Gasteiger partial charge in [-0.05, 0) is 73.3 Å². The summed E-state index contributed by atoms with van der Waals surface area (Å²) in [6.45, 7) is 4.06. The van der Waals surface area contributed by atoms with Crippen molar-refractivity contribution in [2.45, 2.75) is 25.8 Å². The van der Waals surface area contributed by atoms with E-state index in [1.54, 1.807) is 11.3 Å². The van der Waals surface area contributed by atoms with Crippen LogP contribution in [0.1, 0.15) is 29.8 Å². The number of thiazole rings is 1. The number of rotatable bonds is 6. The second-order valence-corrected chi connectivity index (χ2v) is 8.10. The first-order chi connectivity index (χ1) is 13.3. The predicted molar refractivity (Wildman–Crippen MR) is 109 cm³/mol. The number of piperidine rings is 1. The molecule has 0 atom stereocenters. The van der Waals surface area contributed by atoms with E-state index in [0.717, 1.165) is 55.1 Å². The minimum atomic E-state index is 0.692. The van der Waals surface area contributed by atoms with Crippen LogP contribution < -0.4 is 4.74 Å². The van der Waals surface area contributed by atoms with Crippen molar-refractivity contribution in [1.29, 1.82) is 5.26 Å². The minimum absolute atomic E-state index is 0.692. The zero-order chi connectivity index (χ0) is 18.5. The lowest BCUT2D eigenvalue weighted by Crippen LogP contribution is -2.33. The van der Waals surface area contributed by atoms with Crippen LogP contribution in [-0.4, -0.2) is 29.6 Å². The highest BCUT2D eigenvalue weighted by molar-refractivity contribution is 7.09. The fraction of sp³-hybridized carbons (Fsp3) is 0.364. The van der Waals surface area contributed by atoms with Gasteiger partial charge in [0.05, 0.1) is 24.8 Å². The Balaban J connectivity index is 1.23. The molecule has 0 amide bonds. The molecule has 0 unspecified atom stereocenters. The van der Waals surface area contributed by atoms with Gasteiger partial charge in [0, 0.05) is 11.6 Å². The van der Waals surface area contributed by atoms with Crippen molar-refractivity contribution < 1.29 is 4.74 Å². The van der Waals surface area contributed by atoms with Crippen molar-refractivity contribution in [2.75, 3.05) is 19.7 Å². The number of ether oxygens (including phenoxy) is 1. The smallest absolute Gasteiger partial charge is 0.119 e. The number of hydrogen-bond acceptors (Lipinski definition) is 5. The van der Waals surface area contributed by atoms with Gasteiger partial charge in [0.2, 0.25) is 0 Å². The van der Waals surface area contributed by atoms with E-state index in [4.69, 9.17) is 10.00 Å². The average molecular weight is 378 g/mol. The van der Waals surface area contributed by atoms with E-state index in [1.165, 1.54) is 17.8 Å². The molecule has 1 aliphatic rings. The van der Waals surface area contributed by atoms with Gasteiger partial charge in [0.1, 0.15) is 10.8 Å². The molecule has 3 aromatic rings. The Morgan fingerprint density at radius 2 is 1.96 bits per heavy atom. The molecule has 4 rings (SSSR count). The van der Waals surface area contributed by atoms with Gasteiger partial charge >= 0.3 is 0 Å². The molecule has 0 N–H and O–H groups in total. The monoisotopic (exact) mass is 377 g/mol. The summed E-state index contributed by atoms with van der Waals surface area (Å²) in [5.74, 6) is 1.66. The van der Waals surface area contributed by atoms with E-state index in [1.807, 2.05) is 36.5 Å². The topological polar surface area (TPSA) is 49.1 Å². The largest absolute Gasteiger partial charge is 0.494 e. The summed E-state index contributed by atoms with van der Waals surface area (Å²) in [4.78, 5) is 6.89. The Bertz CT molecular complexity index is 924. The zero-order valence-corrected chi connectivity index (χ0v) is 16.1. The quantitative estimate of drug-likeness (QED) is 0.616. The van der Waals surface area contributed by atoms with E-state index in [9.17, 15) is 0 Å². The Hall–Kier alpha value is -2.42. The van der Waals surface area contributed by atoms with Crippen molar-refractivity contribution in [3.8, 4) is 11.8 Å². The summed E-state index contributed by atoms with van der Waals surface area (Å²) in [5, 5.41) is 14.5. The summed E-state index contributed by atoms with van der Waals surface area (Å²) in [6, 6.07) is 14.0. The maximum absolute atomic E-state index is 8.99. The number of likely N-dealkylation sites (tertiary alicyclic amines) is 1. The first kappa shape index (κ1) is 18.0. The molecule has 1 fully saturated rings. The van der Waals surface area contributed by atoms with E-state index in [0.29, 0.717) is 5.56 Å². The lowest BCUT2D eigenvalue weighted by Gasteiger charge is -2.31. The van der Waals surface area contributed by atoms with Gasteiger partial charge in [-0.3, -0.25) is 4.90 Å². The Kier molecular flexibility index (Phi) is 5.66. The minimum Gasteiger partial charge on any atom is -0.494 e. The van der Waals surface area contributed by atoms with Crippen LogP contribution in [0.15, 0.2) is 48.0 Å². The molecule has 0 radical (unpaired) electrons. The number of aromatic nitrogens is 1. The molecule has 4 nitrogen and oxygen atoms in total. The highest BCUT2D eigenvalue weighted by Gasteiger charge is 2.19. The third kappa shape index (κ3) is 4.65. The van der Waals surface area contributed by atoms with Crippen LogP contribution in [-0.2, 0) is 6.54 Å². The summed E-state index contributed by atoms with van der Waals surface area (Å²) in [7, 11) is 0. The van der Waals surface area contributed by atoms with Gasteiger partial charge in [0.25, 0.3) is 0 Å². The Morgan fingerprint density at radius 1 is 1.15 bits per heavy atom. The molecule has 2 aromatic carbocycles. The average Bonchev–Trinajstić information content (AvgIpc) is 3.22. The van der Waals surface area contributed by atoms with Gasteiger partial charge in [-0.1, -0.05) is 12.1 Å². The molecule has 27 heavy (non-hydrogen) atoms. The van der Waals surface area contributed by atoms with Crippen LogP contribution in [0.5, 0.6) is 5.75 Å². The second-order valence-electron chi connectivity index (χ2n) is 7.12.